The lowest BCUT2D eigenvalue weighted by Crippen LogP contribution is -1.85. The van der Waals surface area contributed by atoms with Gasteiger partial charge in [-0.1, -0.05) is 66.7 Å². The fraction of sp³-hybridized carbons (Fsp3) is 0. The molecule has 4 aromatic carbocycles. The molecular weight excluding hydrogens is 316 g/mol. The van der Waals surface area contributed by atoms with Gasteiger partial charge in [0, 0.05) is 11.6 Å². The number of nitrogens with zero attached hydrogens (tertiary/aromatic N) is 2. The molecular formula is C24H16N2. The SMILES string of the molecule is C(=Nc1cc2c3ccccc3ccc2c2ccccc12)c1ccccn1. The first-order chi connectivity index (χ1) is 12.9. The van der Waals surface area contributed by atoms with Gasteiger partial charge in [0.05, 0.1) is 17.6 Å². The van der Waals surface area contributed by atoms with Crippen molar-refractivity contribution in [3.63, 3.8) is 0 Å². The van der Waals surface area contributed by atoms with Crippen LogP contribution in [0.4, 0.5) is 5.69 Å². The fourth-order valence-corrected chi connectivity index (χ4v) is 3.54. The molecule has 0 unspecified atom stereocenters. The molecule has 1 heterocycles. The predicted octanol–water partition coefficient (Wildman–Crippen LogP) is 6.29. The molecule has 122 valence electrons. The highest BCUT2D eigenvalue weighted by Gasteiger charge is 2.08. The molecule has 0 saturated heterocycles. The van der Waals surface area contributed by atoms with E-state index in [4.69, 9.17) is 4.99 Å². The summed E-state index contributed by atoms with van der Waals surface area (Å²) in [7, 11) is 0. The Kier molecular flexibility index (Phi) is 3.46. The van der Waals surface area contributed by atoms with Crippen LogP contribution in [0.3, 0.4) is 0 Å². The van der Waals surface area contributed by atoms with Crippen molar-refractivity contribution < 1.29 is 0 Å². The maximum Gasteiger partial charge on any atom is 0.0812 e. The van der Waals surface area contributed by atoms with Gasteiger partial charge in [0.1, 0.15) is 0 Å². The van der Waals surface area contributed by atoms with E-state index in [-0.39, 0.29) is 0 Å². The molecule has 0 saturated carbocycles. The van der Waals surface area contributed by atoms with E-state index in [1.807, 2.05) is 24.4 Å². The Morgan fingerprint density at radius 2 is 1.35 bits per heavy atom. The molecule has 5 rings (SSSR count). The van der Waals surface area contributed by atoms with Gasteiger partial charge in [0.25, 0.3) is 0 Å². The van der Waals surface area contributed by atoms with Gasteiger partial charge in [-0.2, -0.15) is 0 Å². The minimum absolute atomic E-state index is 0.856. The molecule has 0 N–H and O–H groups in total. The summed E-state index contributed by atoms with van der Waals surface area (Å²) in [5.41, 5.74) is 1.82. The van der Waals surface area contributed by atoms with Crippen LogP contribution in [-0.4, -0.2) is 11.2 Å². The van der Waals surface area contributed by atoms with E-state index in [1.165, 1.54) is 26.9 Å². The molecule has 26 heavy (non-hydrogen) atoms. The second kappa shape index (κ2) is 6.08. The van der Waals surface area contributed by atoms with Crippen LogP contribution in [0.2, 0.25) is 0 Å². The smallest absolute Gasteiger partial charge is 0.0812 e. The molecule has 1 aromatic heterocycles. The van der Waals surface area contributed by atoms with Crippen molar-refractivity contribution in [1.29, 1.82) is 0 Å². The van der Waals surface area contributed by atoms with Gasteiger partial charge in [0.2, 0.25) is 0 Å². The van der Waals surface area contributed by atoms with Gasteiger partial charge < -0.3 is 0 Å². The first-order valence-electron chi connectivity index (χ1n) is 8.68. The lowest BCUT2D eigenvalue weighted by molar-refractivity contribution is 1.30. The lowest BCUT2D eigenvalue weighted by atomic mass is 9.96. The van der Waals surface area contributed by atoms with Crippen molar-refractivity contribution in [1.82, 2.24) is 4.98 Å². The monoisotopic (exact) mass is 332 g/mol. The fourth-order valence-electron chi connectivity index (χ4n) is 3.54. The van der Waals surface area contributed by atoms with Crippen LogP contribution >= 0.6 is 0 Å². The van der Waals surface area contributed by atoms with Crippen molar-refractivity contribution >= 4 is 44.2 Å². The molecule has 0 aliphatic carbocycles. The van der Waals surface area contributed by atoms with Crippen molar-refractivity contribution in [2.45, 2.75) is 0 Å². The zero-order valence-corrected chi connectivity index (χ0v) is 14.1. The number of benzene rings is 4. The Bertz CT molecular complexity index is 1270. The van der Waals surface area contributed by atoms with Gasteiger partial charge in [0.15, 0.2) is 0 Å². The van der Waals surface area contributed by atoms with E-state index in [1.54, 1.807) is 6.20 Å². The summed E-state index contributed by atoms with van der Waals surface area (Å²) in [6, 6.07) is 29.4. The highest BCUT2D eigenvalue weighted by Crippen LogP contribution is 2.36. The summed E-state index contributed by atoms with van der Waals surface area (Å²) < 4.78 is 0. The third-order valence-electron chi connectivity index (χ3n) is 4.77. The summed E-state index contributed by atoms with van der Waals surface area (Å²) in [5.74, 6) is 0. The summed E-state index contributed by atoms with van der Waals surface area (Å²) in [6.07, 6.45) is 3.62. The summed E-state index contributed by atoms with van der Waals surface area (Å²) in [6.45, 7) is 0. The predicted molar refractivity (Wildman–Crippen MR) is 110 cm³/mol. The average Bonchev–Trinajstić information content (AvgIpc) is 2.72. The van der Waals surface area contributed by atoms with Crippen LogP contribution in [0.5, 0.6) is 0 Å². The molecule has 0 atom stereocenters. The first kappa shape index (κ1) is 14.8. The maximum absolute atomic E-state index is 4.77. The number of fused-ring (bicyclic) bond motifs is 5. The molecule has 5 aromatic rings. The first-order valence-corrected chi connectivity index (χ1v) is 8.68. The number of rotatable bonds is 2. The zero-order valence-electron chi connectivity index (χ0n) is 14.1. The molecule has 0 bridgehead atoms. The summed E-state index contributed by atoms with van der Waals surface area (Å²) in [4.78, 5) is 9.11. The van der Waals surface area contributed by atoms with E-state index in [9.17, 15) is 0 Å². The van der Waals surface area contributed by atoms with Crippen LogP contribution in [0.1, 0.15) is 5.69 Å². The van der Waals surface area contributed by atoms with Gasteiger partial charge in [-0.15, -0.1) is 0 Å². The summed E-state index contributed by atoms with van der Waals surface area (Å²) in [5, 5.41) is 7.37. The standard InChI is InChI=1S/C24H16N2/c1-2-9-19-17(7-1)12-13-21-20-10-3-4-11-22(20)24(15-23(19)21)26-16-18-8-5-6-14-25-18/h1-16H. The van der Waals surface area contributed by atoms with Crippen molar-refractivity contribution in [3.05, 3.63) is 96.8 Å². The van der Waals surface area contributed by atoms with Gasteiger partial charge in [-0.25, -0.2) is 0 Å². The molecule has 2 heteroatoms. The second-order valence-electron chi connectivity index (χ2n) is 6.34. The molecule has 0 aliphatic rings. The molecule has 0 aliphatic heterocycles. The largest absolute Gasteiger partial charge is 0.255 e. The Balaban J connectivity index is 1.83. The van der Waals surface area contributed by atoms with Crippen LogP contribution in [-0.2, 0) is 0 Å². The number of pyridine rings is 1. The molecule has 0 radical (unpaired) electrons. The highest BCUT2D eigenvalue weighted by atomic mass is 14.8. The Hall–Kier alpha value is -3.52. The van der Waals surface area contributed by atoms with E-state index in [0.29, 0.717) is 0 Å². The third-order valence-corrected chi connectivity index (χ3v) is 4.77. The Labute approximate surface area is 151 Å². The van der Waals surface area contributed by atoms with Gasteiger partial charge >= 0.3 is 0 Å². The quantitative estimate of drug-likeness (QED) is 0.275. The molecule has 0 fully saturated rings. The van der Waals surface area contributed by atoms with E-state index >= 15 is 0 Å². The molecule has 2 nitrogen and oxygen atoms in total. The highest BCUT2D eigenvalue weighted by molar-refractivity contribution is 6.20. The third kappa shape index (κ3) is 2.44. The van der Waals surface area contributed by atoms with Gasteiger partial charge in [-0.05, 0) is 45.1 Å². The lowest BCUT2D eigenvalue weighted by Gasteiger charge is -2.10. The summed E-state index contributed by atoms with van der Waals surface area (Å²) >= 11 is 0. The van der Waals surface area contributed by atoms with Crippen LogP contribution < -0.4 is 0 Å². The number of hydrogen-bond donors (Lipinski definition) is 0. The van der Waals surface area contributed by atoms with Crippen LogP contribution in [0.25, 0.3) is 32.3 Å². The van der Waals surface area contributed by atoms with Crippen LogP contribution in [0.15, 0.2) is 96.1 Å². The van der Waals surface area contributed by atoms with E-state index in [2.05, 4.69) is 71.7 Å². The van der Waals surface area contributed by atoms with Crippen molar-refractivity contribution in [2.75, 3.05) is 0 Å². The number of hydrogen-bond acceptors (Lipinski definition) is 2. The normalized spacial score (nSPS) is 11.7. The number of aliphatic imine (C=N–C) groups is 1. The Morgan fingerprint density at radius 1 is 0.615 bits per heavy atom. The minimum Gasteiger partial charge on any atom is -0.255 e. The Morgan fingerprint density at radius 3 is 2.19 bits per heavy atom. The zero-order chi connectivity index (χ0) is 17.3. The van der Waals surface area contributed by atoms with E-state index in [0.717, 1.165) is 16.8 Å². The van der Waals surface area contributed by atoms with Gasteiger partial charge in [-0.3, -0.25) is 9.98 Å². The average molecular weight is 332 g/mol. The second-order valence-corrected chi connectivity index (χ2v) is 6.34. The topological polar surface area (TPSA) is 25.2 Å². The van der Waals surface area contributed by atoms with Crippen molar-refractivity contribution in [3.8, 4) is 0 Å². The molecule has 0 spiro atoms. The minimum atomic E-state index is 0.856. The van der Waals surface area contributed by atoms with Crippen LogP contribution in [0, 0.1) is 0 Å². The molecule has 0 amide bonds. The van der Waals surface area contributed by atoms with Crippen molar-refractivity contribution in [2.24, 2.45) is 4.99 Å². The number of aromatic nitrogens is 1. The maximum atomic E-state index is 4.77. The van der Waals surface area contributed by atoms with E-state index < -0.39 is 0 Å².